The Balaban J connectivity index is -0.000000312. The summed E-state index contributed by atoms with van der Waals surface area (Å²) in [5.41, 5.74) is 3.89. The summed E-state index contributed by atoms with van der Waals surface area (Å²) in [6.45, 7) is 0. The molecule has 128 valence electrons. The number of benzene rings is 1. The molecule has 0 aliphatic rings. The standard InChI is InChI=1S/C7H8N2.C5H4N2O4.3H2O/c8-7(9)6-4-2-1-3-5-6;8-3-2(4(9)10)1-6-5(11)7-3;;;/h1-5H,(H3,8,9);1H,(H,9,10)(H2,6,7,8,11);3*1H2. The highest BCUT2D eigenvalue weighted by molar-refractivity contribution is 5.92. The molecule has 1 aromatic carbocycles. The Hall–Kier alpha value is -3.28. The fourth-order valence-electron chi connectivity index (χ4n) is 1.19. The number of aromatic amines is 2. The molecule has 11 heteroatoms. The minimum Gasteiger partial charge on any atom is -0.545 e. The number of nitrogens with two attached hydrogens (primary N) is 2. The van der Waals surface area contributed by atoms with Gasteiger partial charge in [0.05, 0.1) is 17.1 Å². The molecule has 0 aliphatic heterocycles. The predicted molar refractivity (Wildman–Crippen MR) is 79.5 cm³/mol. The van der Waals surface area contributed by atoms with Crippen molar-refractivity contribution in [3.63, 3.8) is 0 Å². The molecule has 12 N–H and O–H groups in total. The molecule has 0 fully saturated rings. The molecule has 0 bridgehead atoms. The average molecular weight is 330 g/mol. The van der Waals surface area contributed by atoms with Crippen molar-refractivity contribution in [2.45, 2.75) is 0 Å². The number of hydrogen-bond donors (Lipinski definition) is 4. The first kappa shape index (κ1) is 24.7. The zero-order valence-electron chi connectivity index (χ0n) is 11.8. The first-order valence-corrected chi connectivity index (χ1v) is 5.38. The van der Waals surface area contributed by atoms with Gasteiger partial charge in [-0.2, -0.15) is 0 Å². The first-order chi connectivity index (χ1) is 9.41. The zero-order valence-corrected chi connectivity index (χ0v) is 11.8. The van der Waals surface area contributed by atoms with Crippen LogP contribution < -0.4 is 27.5 Å². The second-order valence-corrected chi connectivity index (χ2v) is 3.59. The minimum absolute atomic E-state index is 0. The molecule has 0 atom stereocenters. The van der Waals surface area contributed by atoms with Crippen LogP contribution in [-0.4, -0.2) is 38.2 Å². The maximum atomic E-state index is 10.6. The van der Waals surface area contributed by atoms with Crippen LogP contribution in [0.15, 0.2) is 46.1 Å². The highest BCUT2D eigenvalue weighted by Gasteiger charge is 1.98. The van der Waals surface area contributed by atoms with E-state index in [1.54, 1.807) is 4.98 Å². The number of amidine groups is 1. The smallest absolute Gasteiger partial charge is 0.325 e. The highest BCUT2D eigenvalue weighted by Crippen LogP contribution is 1.93. The van der Waals surface area contributed by atoms with Crippen molar-refractivity contribution in [1.82, 2.24) is 9.97 Å². The van der Waals surface area contributed by atoms with Crippen LogP contribution in [-0.2, 0) is 0 Å². The summed E-state index contributed by atoms with van der Waals surface area (Å²) in [5, 5.41) is 15.4. The van der Waals surface area contributed by atoms with Crippen LogP contribution in [0.2, 0.25) is 0 Å². The summed E-state index contributed by atoms with van der Waals surface area (Å²) in [6.07, 6.45) is 0.788. The van der Waals surface area contributed by atoms with E-state index in [-0.39, 0.29) is 16.4 Å². The Bertz CT molecular complexity index is 724. The molecule has 0 radical (unpaired) electrons. The van der Waals surface area contributed by atoms with Gasteiger partial charge in [-0.05, 0) is 12.1 Å². The lowest BCUT2D eigenvalue weighted by atomic mass is 10.2. The number of H-pyrrole nitrogens is 2. The topological polar surface area (TPSA) is 252 Å². The molecule has 23 heavy (non-hydrogen) atoms. The van der Waals surface area contributed by atoms with Gasteiger partial charge in [-0.15, -0.1) is 0 Å². The third kappa shape index (κ3) is 7.91. The van der Waals surface area contributed by atoms with E-state index in [0.717, 1.165) is 11.8 Å². The van der Waals surface area contributed by atoms with Gasteiger partial charge in [0.1, 0.15) is 0 Å². The number of rotatable bonds is 2. The average Bonchev–Trinajstić information content (AvgIpc) is 2.40. The van der Waals surface area contributed by atoms with E-state index >= 15 is 0 Å². The molecule has 2 aromatic rings. The van der Waals surface area contributed by atoms with Gasteiger partial charge < -0.3 is 31.3 Å². The summed E-state index contributed by atoms with van der Waals surface area (Å²) < 4.78 is 0. The second-order valence-electron chi connectivity index (χ2n) is 3.59. The summed E-state index contributed by atoms with van der Waals surface area (Å²) in [6, 6.07) is 9.46. The number of aromatic carboxylic acids is 1. The normalized spacial score (nSPS) is 8.00. The summed E-state index contributed by atoms with van der Waals surface area (Å²) in [5.74, 6) is -1.25. The Labute approximate surface area is 128 Å². The third-order valence-electron chi connectivity index (χ3n) is 2.15. The SMILES string of the molecule is NC(=[NH2+])c1ccccc1.O.O.O.O=C([O-])c1c[nH]c(=O)[nH]c1=O. The van der Waals surface area contributed by atoms with Gasteiger partial charge >= 0.3 is 5.69 Å². The van der Waals surface area contributed by atoms with Crippen LogP contribution >= 0.6 is 0 Å². The molecule has 0 spiro atoms. The largest absolute Gasteiger partial charge is 0.545 e. The lowest BCUT2D eigenvalue weighted by Gasteiger charge is -1.96. The van der Waals surface area contributed by atoms with E-state index in [4.69, 9.17) is 11.1 Å². The number of aromatic nitrogens is 2. The van der Waals surface area contributed by atoms with Crippen molar-refractivity contribution in [3.05, 3.63) is 68.5 Å². The number of carboxylic acid groups (broad SMARTS) is 1. The monoisotopic (exact) mass is 330 g/mol. The van der Waals surface area contributed by atoms with E-state index in [1.165, 1.54) is 0 Å². The molecule has 0 amide bonds. The quantitative estimate of drug-likeness (QED) is 0.309. The number of nitrogens with one attached hydrogen (secondary N) is 2. The Morgan fingerprint density at radius 1 is 1.09 bits per heavy atom. The van der Waals surface area contributed by atoms with Gasteiger partial charge in [-0.3, -0.25) is 20.9 Å². The van der Waals surface area contributed by atoms with Crippen molar-refractivity contribution >= 4 is 11.8 Å². The fourth-order valence-corrected chi connectivity index (χ4v) is 1.19. The Morgan fingerprint density at radius 3 is 1.96 bits per heavy atom. The molecule has 0 unspecified atom stereocenters. The van der Waals surface area contributed by atoms with Crippen LogP contribution in [0.25, 0.3) is 0 Å². The molecule has 0 saturated carbocycles. The summed E-state index contributed by atoms with van der Waals surface area (Å²) in [4.78, 5) is 34.7. The van der Waals surface area contributed by atoms with Crippen LogP contribution in [0.5, 0.6) is 0 Å². The van der Waals surface area contributed by atoms with Gasteiger partial charge in [-0.25, -0.2) is 4.79 Å². The Kier molecular flexibility index (Phi) is 12.2. The van der Waals surface area contributed by atoms with E-state index < -0.39 is 22.8 Å². The number of hydrogen-bond acceptors (Lipinski definition) is 4. The van der Waals surface area contributed by atoms with Crippen LogP contribution in [0.1, 0.15) is 15.9 Å². The van der Waals surface area contributed by atoms with Crippen molar-refractivity contribution in [3.8, 4) is 0 Å². The minimum atomic E-state index is -1.62. The highest BCUT2D eigenvalue weighted by atomic mass is 16.4. The molecule has 2 rings (SSSR count). The van der Waals surface area contributed by atoms with Gasteiger partial charge in [0, 0.05) is 6.20 Å². The van der Waals surface area contributed by atoms with E-state index in [9.17, 15) is 19.5 Å². The maximum absolute atomic E-state index is 10.6. The van der Waals surface area contributed by atoms with E-state index in [2.05, 4.69) is 0 Å². The van der Waals surface area contributed by atoms with Crippen molar-refractivity contribution in [2.75, 3.05) is 0 Å². The summed E-state index contributed by atoms with van der Waals surface area (Å²) in [7, 11) is 0. The Morgan fingerprint density at radius 2 is 1.61 bits per heavy atom. The van der Waals surface area contributed by atoms with Gasteiger partial charge in [0.25, 0.3) is 11.4 Å². The zero-order chi connectivity index (χ0) is 15.1. The van der Waals surface area contributed by atoms with Crippen LogP contribution in [0, 0.1) is 0 Å². The van der Waals surface area contributed by atoms with Gasteiger partial charge in [0.2, 0.25) is 0 Å². The fraction of sp³-hybridized carbons (Fsp3) is 0. The van der Waals surface area contributed by atoms with Crippen LogP contribution in [0.3, 0.4) is 0 Å². The molecule has 1 heterocycles. The molecular formula is C12H18N4O7. The third-order valence-corrected chi connectivity index (χ3v) is 2.15. The van der Waals surface area contributed by atoms with Crippen molar-refractivity contribution in [1.29, 1.82) is 0 Å². The molecule has 1 aromatic heterocycles. The van der Waals surface area contributed by atoms with Crippen molar-refractivity contribution in [2.24, 2.45) is 5.73 Å². The van der Waals surface area contributed by atoms with E-state index in [0.29, 0.717) is 5.84 Å². The van der Waals surface area contributed by atoms with Gasteiger partial charge in [-0.1, -0.05) is 18.2 Å². The summed E-state index contributed by atoms with van der Waals surface area (Å²) >= 11 is 0. The molecule has 0 aliphatic carbocycles. The lowest BCUT2D eigenvalue weighted by Crippen LogP contribution is -2.46. The molecule has 11 nitrogen and oxygen atoms in total. The molecular weight excluding hydrogens is 312 g/mol. The predicted octanol–water partition coefficient (Wildman–Crippen LogP) is -5.90. The maximum Gasteiger partial charge on any atom is 0.325 e. The number of carbonyl (C=O) groups excluding carboxylic acids is 1. The lowest BCUT2D eigenvalue weighted by molar-refractivity contribution is -0.255. The van der Waals surface area contributed by atoms with Crippen LogP contribution in [0.4, 0.5) is 0 Å². The molecule has 0 saturated heterocycles. The second kappa shape index (κ2) is 11.4. The number of carboxylic acids is 1. The van der Waals surface area contributed by atoms with Gasteiger partial charge in [0.15, 0.2) is 0 Å². The van der Waals surface area contributed by atoms with Crippen molar-refractivity contribution < 1.29 is 31.7 Å². The first-order valence-electron chi connectivity index (χ1n) is 5.38. The van der Waals surface area contributed by atoms with E-state index in [1.807, 2.05) is 35.3 Å². The number of carbonyl (C=O) groups is 1.